The van der Waals surface area contributed by atoms with E-state index in [1.165, 1.54) is 0 Å². The number of benzene rings is 1. The maximum absolute atomic E-state index is 11.8. The lowest BCUT2D eigenvalue weighted by Gasteiger charge is -2.26. The van der Waals surface area contributed by atoms with Crippen molar-refractivity contribution in [2.45, 2.75) is 26.7 Å². The molecule has 0 saturated carbocycles. The van der Waals surface area contributed by atoms with Crippen LogP contribution in [0.2, 0.25) is 0 Å². The largest absolute Gasteiger partial charge is 0.351 e. The number of nitrogens with one attached hydrogen (secondary N) is 3. The molecule has 0 fully saturated rings. The standard InChI is InChI=1S/C16H23N3O2/c1-16(2,3)10-19-15(21)18-9-11-8-17-14(20)13-7-5-4-6-12(11)13/h4-7,11H,8-10H2,1-3H3,(H,17,20)(H2,18,19,21). The van der Waals surface area contributed by atoms with Crippen LogP contribution < -0.4 is 16.0 Å². The molecule has 0 spiro atoms. The topological polar surface area (TPSA) is 70.2 Å². The third kappa shape index (κ3) is 4.21. The van der Waals surface area contributed by atoms with Crippen LogP contribution in [-0.2, 0) is 0 Å². The summed E-state index contributed by atoms with van der Waals surface area (Å²) in [5, 5.41) is 8.59. The molecule has 3 amide bonds. The number of urea groups is 1. The van der Waals surface area contributed by atoms with E-state index in [9.17, 15) is 9.59 Å². The van der Waals surface area contributed by atoms with Gasteiger partial charge in [-0.05, 0) is 17.0 Å². The van der Waals surface area contributed by atoms with Gasteiger partial charge in [-0.2, -0.15) is 0 Å². The lowest BCUT2D eigenvalue weighted by Crippen LogP contribution is -2.44. The Bertz CT molecular complexity index is 535. The quantitative estimate of drug-likeness (QED) is 0.795. The summed E-state index contributed by atoms with van der Waals surface area (Å²) in [7, 11) is 0. The third-order valence-corrected chi connectivity index (χ3v) is 3.44. The van der Waals surface area contributed by atoms with Gasteiger partial charge in [0, 0.05) is 31.1 Å². The number of carbonyl (C=O) groups excluding carboxylic acids is 2. The minimum atomic E-state index is -0.167. The first-order valence-electron chi connectivity index (χ1n) is 7.25. The molecule has 0 saturated heterocycles. The van der Waals surface area contributed by atoms with E-state index in [1.807, 2.05) is 24.3 Å². The third-order valence-electron chi connectivity index (χ3n) is 3.44. The highest BCUT2D eigenvalue weighted by molar-refractivity contribution is 5.97. The van der Waals surface area contributed by atoms with Crippen LogP contribution in [0.3, 0.4) is 0 Å². The van der Waals surface area contributed by atoms with Crippen LogP contribution in [0.15, 0.2) is 24.3 Å². The summed E-state index contributed by atoms with van der Waals surface area (Å²) in [6, 6.07) is 7.37. The maximum atomic E-state index is 11.8. The molecule has 2 rings (SSSR count). The SMILES string of the molecule is CC(C)(C)CNC(=O)NCC1CNC(=O)c2ccccc21. The lowest BCUT2D eigenvalue weighted by atomic mass is 9.90. The van der Waals surface area contributed by atoms with Crippen molar-refractivity contribution >= 4 is 11.9 Å². The summed E-state index contributed by atoms with van der Waals surface area (Å²) in [6.45, 7) is 7.89. The number of rotatable bonds is 3. The Kier molecular flexibility index (Phi) is 4.50. The normalized spacial score (nSPS) is 17.7. The van der Waals surface area contributed by atoms with Gasteiger partial charge in [-0.25, -0.2) is 4.79 Å². The molecule has 1 aromatic rings. The molecule has 5 nitrogen and oxygen atoms in total. The number of fused-ring (bicyclic) bond motifs is 1. The Labute approximate surface area is 125 Å². The Hall–Kier alpha value is -2.04. The van der Waals surface area contributed by atoms with Crippen LogP contribution in [0.25, 0.3) is 0 Å². The van der Waals surface area contributed by atoms with Gasteiger partial charge in [-0.3, -0.25) is 4.79 Å². The highest BCUT2D eigenvalue weighted by Gasteiger charge is 2.25. The zero-order valence-electron chi connectivity index (χ0n) is 12.8. The Morgan fingerprint density at radius 2 is 2.00 bits per heavy atom. The molecule has 1 aliphatic rings. The minimum absolute atomic E-state index is 0.0426. The van der Waals surface area contributed by atoms with Crippen molar-refractivity contribution in [3.05, 3.63) is 35.4 Å². The van der Waals surface area contributed by atoms with Crippen LogP contribution in [0.5, 0.6) is 0 Å². The van der Waals surface area contributed by atoms with E-state index >= 15 is 0 Å². The van der Waals surface area contributed by atoms with Gasteiger partial charge in [-0.15, -0.1) is 0 Å². The highest BCUT2D eigenvalue weighted by Crippen LogP contribution is 2.23. The van der Waals surface area contributed by atoms with Gasteiger partial charge < -0.3 is 16.0 Å². The first-order chi connectivity index (χ1) is 9.87. The first kappa shape index (κ1) is 15.4. The van der Waals surface area contributed by atoms with Crippen LogP contribution in [0, 0.1) is 5.41 Å². The fraction of sp³-hybridized carbons (Fsp3) is 0.500. The molecule has 0 aliphatic carbocycles. The number of hydrogen-bond donors (Lipinski definition) is 3. The van der Waals surface area contributed by atoms with Crippen LogP contribution >= 0.6 is 0 Å². The van der Waals surface area contributed by atoms with E-state index in [-0.39, 0.29) is 23.3 Å². The fourth-order valence-corrected chi connectivity index (χ4v) is 2.29. The molecule has 3 N–H and O–H groups in total. The maximum Gasteiger partial charge on any atom is 0.314 e. The second-order valence-corrected chi connectivity index (χ2v) is 6.62. The van der Waals surface area contributed by atoms with E-state index in [4.69, 9.17) is 0 Å². The average Bonchev–Trinajstić information content (AvgIpc) is 2.44. The lowest BCUT2D eigenvalue weighted by molar-refractivity contribution is 0.0940. The van der Waals surface area contributed by atoms with Crippen molar-refractivity contribution in [2.75, 3.05) is 19.6 Å². The van der Waals surface area contributed by atoms with E-state index in [1.54, 1.807) is 0 Å². The van der Waals surface area contributed by atoms with Gasteiger partial charge in [0.25, 0.3) is 5.91 Å². The fourth-order valence-electron chi connectivity index (χ4n) is 2.29. The van der Waals surface area contributed by atoms with Crippen molar-refractivity contribution in [1.82, 2.24) is 16.0 Å². The summed E-state index contributed by atoms with van der Waals surface area (Å²) >= 11 is 0. The molecule has 0 aromatic heterocycles. The number of carbonyl (C=O) groups is 2. The smallest absolute Gasteiger partial charge is 0.314 e. The second kappa shape index (κ2) is 6.16. The molecule has 1 heterocycles. The molecule has 1 atom stereocenters. The molecular formula is C16H23N3O2. The highest BCUT2D eigenvalue weighted by atomic mass is 16.2. The Morgan fingerprint density at radius 3 is 2.71 bits per heavy atom. The summed E-state index contributed by atoms with van der Waals surface area (Å²) in [4.78, 5) is 23.6. The van der Waals surface area contributed by atoms with Crippen molar-refractivity contribution in [1.29, 1.82) is 0 Å². The van der Waals surface area contributed by atoms with Crippen LogP contribution in [-0.4, -0.2) is 31.6 Å². The van der Waals surface area contributed by atoms with Gasteiger partial charge >= 0.3 is 6.03 Å². The predicted octanol–water partition coefficient (Wildman–Crippen LogP) is 1.86. The zero-order chi connectivity index (χ0) is 15.5. The summed E-state index contributed by atoms with van der Waals surface area (Å²) in [6.07, 6.45) is 0. The first-order valence-corrected chi connectivity index (χ1v) is 7.25. The van der Waals surface area contributed by atoms with Crippen molar-refractivity contribution < 1.29 is 9.59 Å². The van der Waals surface area contributed by atoms with Crippen molar-refractivity contribution in [3.8, 4) is 0 Å². The predicted molar refractivity (Wildman–Crippen MR) is 82.4 cm³/mol. The monoisotopic (exact) mass is 289 g/mol. The number of amides is 3. The van der Waals surface area contributed by atoms with Gasteiger partial charge in [0.2, 0.25) is 0 Å². The van der Waals surface area contributed by atoms with Gasteiger partial charge in [0.1, 0.15) is 0 Å². The molecule has 5 heteroatoms. The molecule has 0 radical (unpaired) electrons. The van der Waals surface area contributed by atoms with E-state index in [0.717, 1.165) is 5.56 Å². The van der Waals surface area contributed by atoms with E-state index in [0.29, 0.717) is 25.2 Å². The molecule has 21 heavy (non-hydrogen) atoms. The van der Waals surface area contributed by atoms with Crippen molar-refractivity contribution in [3.63, 3.8) is 0 Å². The molecule has 1 aliphatic heterocycles. The summed E-state index contributed by atoms with van der Waals surface area (Å²) in [5.74, 6) is 0.0679. The van der Waals surface area contributed by atoms with Crippen LogP contribution in [0.4, 0.5) is 4.79 Å². The van der Waals surface area contributed by atoms with Gasteiger partial charge in [-0.1, -0.05) is 39.0 Å². The summed E-state index contributed by atoms with van der Waals surface area (Å²) in [5.41, 5.74) is 1.76. The minimum Gasteiger partial charge on any atom is -0.351 e. The van der Waals surface area contributed by atoms with E-state index in [2.05, 4.69) is 36.7 Å². The summed E-state index contributed by atoms with van der Waals surface area (Å²) < 4.78 is 0. The Balaban J connectivity index is 1.91. The zero-order valence-corrected chi connectivity index (χ0v) is 12.8. The van der Waals surface area contributed by atoms with Gasteiger partial charge in [0.05, 0.1) is 0 Å². The molecular weight excluding hydrogens is 266 g/mol. The number of hydrogen-bond acceptors (Lipinski definition) is 2. The van der Waals surface area contributed by atoms with E-state index < -0.39 is 0 Å². The molecule has 0 bridgehead atoms. The van der Waals surface area contributed by atoms with Crippen molar-refractivity contribution in [2.24, 2.45) is 5.41 Å². The van der Waals surface area contributed by atoms with Crippen LogP contribution in [0.1, 0.15) is 42.6 Å². The average molecular weight is 289 g/mol. The molecule has 1 aromatic carbocycles. The van der Waals surface area contributed by atoms with Gasteiger partial charge in [0.15, 0.2) is 0 Å². The second-order valence-electron chi connectivity index (χ2n) is 6.62. The Morgan fingerprint density at radius 1 is 1.29 bits per heavy atom. The molecule has 114 valence electrons. The molecule has 1 unspecified atom stereocenters.